The standard InChI is InChI=1S/C24H21N5O2/c30-29(31)22-11-5-10-21(15-22)27-24-26-13-12-23(28-24)20-9-4-8-19(14-20)17-25-16-18-6-2-1-3-7-18/h1-15,25H,16-17H2,(H,26,27,28). The quantitative estimate of drug-likeness (QED) is 0.310. The fourth-order valence-corrected chi connectivity index (χ4v) is 3.19. The van der Waals surface area contributed by atoms with Gasteiger partial charge in [0.15, 0.2) is 0 Å². The van der Waals surface area contributed by atoms with Crippen molar-refractivity contribution < 1.29 is 4.92 Å². The number of rotatable bonds is 8. The van der Waals surface area contributed by atoms with Crippen LogP contribution >= 0.6 is 0 Å². The van der Waals surface area contributed by atoms with Crippen LogP contribution < -0.4 is 10.6 Å². The first kappa shape index (κ1) is 20.2. The molecule has 0 bridgehead atoms. The average Bonchev–Trinajstić information content (AvgIpc) is 2.80. The van der Waals surface area contributed by atoms with E-state index >= 15 is 0 Å². The molecule has 0 saturated heterocycles. The number of non-ortho nitro benzene ring substituents is 1. The lowest BCUT2D eigenvalue weighted by Gasteiger charge is -2.09. The van der Waals surface area contributed by atoms with Gasteiger partial charge in [-0.15, -0.1) is 0 Å². The molecular formula is C24H21N5O2. The molecule has 0 unspecified atom stereocenters. The molecule has 7 nitrogen and oxygen atoms in total. The minimum absolute atomic E-state index is 0.0110. The Bertz CT molecular complexity index is 1180. The summed E-state index contributed by atoms with van der Waals surface area (Å²) in [5.74, 6) is 0.380. The van der Waals surface area contributed by atoms with Crippen molar-refractivity contribution >= 4 is 17.3 Å². The third-order valence-corrected chi connectivity index (χ3v) is 4.69. The number of hydrogen-bond donors (Lipinski definition) is 2. The third-order valence-electron chi connectivity index (χ3n) is 4.69. The van der Waals surface area contributed by atoms with Crippen LogP contribution in [-0.4, -0.2) is 14.9 Å². The number of nitro groups is 1. The van der Waals surface area contributed by atoms with Gasteiger partial charge in [0.1, 0.15) is 0 Å². The van der Waals surface area contributed by atoms with Crippen LogP contribution in [0.2, 0.25) is 0 Å². The van der Waals surface area contributed by atoms with E-state index in [1.165, 1.54) is 17.7 Å². The highest BCUT2D eigenvalue weighted by atomic mass is 16.6. The summed E-state index contributed by atoms with van der Waals surface area (Å²) < 4.78 is 0. The van der Waals surface area contributed by atoms with Gasteiger partial charge < -0.3 is 10.6 Å². The van der Waals surface area contributed by atoms with Crippen molar-refractivity contribution in [2.45, 2.75) is 13.1 Å². The molecule has 0 atom stereocenters. The predicted octanol–water partition coefficient (Wildman–Crippen LogP) is 5.09. The minimum atomic E-state index is -0.431. The lowest BCUT2D eigenvalue weighted by Crippen LogP contribution is -2.12. The van der Waals surface area contributed by atoms with Gasteiger partial charge in [-0.05, 0) is 29.3 Å². The Morgan fingerprint density at radius 3 is 2.45 bits per heavy atom. The molecule has 1 heterocycles. The van der Waals surface area contributed by atoms with Gasteiger partial charge in [-0.3, -0.25) is 10.1 Å². The lowest BCUT2D eigenvalue weighted by molar-refractivity contribution is -0.384. The van der Waals surface area contributed by atoms with E-state index in [-0.39, 0.29) is 5.69 Å². The van der Waals surface area contributed by atoms with Gasteiger partial charge in [-0.2, -0.15) is 0 Å². The van der Waals surface area contributed by atoms with Crippen molar-refractivity contribution in [1.82, 2.24) is 15.3 Å². The Balaban J connectivity index is 1.45. The summed E-state index contributed by atoms with van der Waals surface area (Å²) in [4.78, 5) is 19.3. The van der Waals surface area contributed by atoms with E-state index in [1.807, 2.05) is 36.4 Å². The van der Waals surface area contributed by atoms with Crippen molar-refractivity contribution in [3.05, 3.63) is 112 Å². The van der Waals surface area contributed by atoms with Gasteiger partial charge in [0.2, 0.25) is 5.95 Å². The second-order valence-electron chi connectivity index (χ2n) is 6.99. The van der Waals surface area contributed by atoms with Crippen LogP contribution in [0, 0.1) is 10.1 Å². The second kappa shape index (κ2) is 9.60. The van der Waals surface area contributed by atoms with Gasteiger partial charge in [0.05, 0.1) is 10.6 Å². The Kier molecular flexibility index (Phi) is 6.25. The number of benzene rings is 3. The summed E-state index contributed by atoms with van der Waals surface area (Å²) in [6.07, 6.45) is 1.67. The maximum Gasteiger partial charge on any atom is 0.271 e. The van der Waals surface area contributed by atoms with Crippen molar-refractivity contribution in [3.8, 4) is 11.3 Å². The SMILES string of the molecule is O=[N+]([O-])c1cccc(Nc2nccc(-c3cccc(CNCc4ccccc4)c3)n2)c1. The Hall–Kier alpha value is -4.10. The van der Waals surface area contributed by atoms with Crippen LogP contribution in [0.3, 0.4) is 0 Å². The largest absolute Gasteiger partial charge is 0.324 e. The number of hydrogen-bond acceptors (Lipinski definition) is 6. The van der Waals surface area contributed by atoms with Crippen LogP contribution in [-0.2, 0) is 13.1 Å². The van der Waals surface area contributed by atoms with Crippen LogP contribution in [0.1, 0.15) is 11.1 Å². The fraction of sp³-hybridized carbons (Fsp3) is 0.0833. The number of aromatic nitrogens is 2. The van der Waals surface area contributed by atoms with Gasteiger partial charge in [-0.1, -0.05) is 54.6 Å². The van der Waals surface area contributed by atoms with Gasteiger partial charge in [0.25, 0.3) is 5.69 Å². The van der Waals surface area contributed by atoms with Crippen LogP contribution in [0.4, 0.5) is 17.3 Å². The maximum absolute atomic E-state index is 11.0. The monoisotopic (exact) mass is 411 g/mol. The van der Waals surface area contributed by atoms with E-state index in [0.717, 1.165) is 29.9 Å². The molecule has 2 N–H and O–H groups in total. The smallest absolute Gasteiger partial charge is 0.271 e. The summed E-state index contributed by atoms with van der Waals surface area (Å²) >= 11 is 0. The van der Waals surface area contributed by atoms with E-state index < -0.39 is 4.92 Å². The first-order valence-electron chi connectivity index (χ1n) is 9.86. The molecule has 0 fully saturated rings. The average molecular weight is 411 g/mol. The van der Waals surface area contributed by atoms with Crippen molar-refractivity contribution in [1.29, 1.82) is 0 Å². The Morgan fingerprint density at radius 2 is 1.61 bits per heavy atom. The van der Waals surface area contributed by atoms with E-state index in [9.17, 15) is 10.1 Å². The highest BCUT2D eigenvalue weighted by molar-refractivity contribution is 5.63. The number of nitro benzene ring substituents is 1. The zero-order valence-electron chi connectivity index (χ0n) is 16.7. The molecule has 31 heavy (non-hydrogen) atoms. The highest BCUT2D eigenvalue weighted by Crippen LogP contribution is 2.22. The summed E-state index contributed by atoms with van der Waals surface area (Å²) in [5.41, 5.74) is 4.71. The highest BCUT2D eigenvalue weighted by Gasteiger charge is 2.08. The molecule has 0 aliphatic rings. The summed E-state index contributed by atoms with van der Waals surface area (Å²) in [7, 11) is 0. The topological polar surface area (TPSA) is 93.0 Å². The van der Waals surface area contributed by atoms with E-state index in [4.69, 9.17) is 0 Å². The van der Waals surface area contributed by atoms with E-state index in [1.54, 1.807) is 18.3 Å². The molecule has 154 valence electrons. The molecule has 0 aliphatic carbocycles. The molecule has 4 rings (SSSR count). The Morgan fingerprint density at radius 1 is 0.839 bits per heavy atom. The third kappa shape index (κ3) is 5.49. The summed E-state index contributed by atoms with van der Waals surface area (Å²) in [5, 5.41) is 17.5. The normalized spacial score (nSPS) is 10.6. The van der Waals surface area contributed by atoms with Crippen LogP contribution in [0.15, 0.2) is 91.1 Å². The summed E-state index contributed by atoms with van der Waals surface area (Å²) in [6.45, 7) is 1.54. The molecule has 1 aromatic heterocycles. The molecule has 3 aromatic carbocycles. The first-order valence-corrected chi connectivity index (χ1v) is 9.86. The number of nitrogens with zero attached hydrogens (tertiary/aromatic N) is 3. The van der Waals surface area contributed by atoms with Crippen LogP contribution in [0.25, 0.3) is 11.3 Å². The minimum Gasteiger partial charge on any atom is -0.324 e. The van der Waals surface area contributed by atoms with Crippen LogP contribution in [0.5, 0.6) is 0 Å². The molecular weight excluding hydrogens is 390 g/mol. The zero-order valence-corrected chi connectivity index (χ0v) is 16.7. The van der Waals surface area contributed by atoms with Gasteiger partial charge in [-0.25, -0.2) is 9.97 Å². The fourth-order valence-electron chi connectivity index (χ4n) is 3.19. The molecule has 0 aliphatic heterocycles. The van der Waals surface area contributed by atoms with E-state index in [2.05, 4.69) is 44.9 Å². The van der Waals surface area contributed by atoms with Gasteiger partial charge >= 0.3 is 0 Å². The predicted molar refractivity (Wildman–Crippen MR) is 121 cm³/mol. The molecule has 7 heteroatoms. The van der Waals surface area contributed by atoms with Gasteiger partial charge in [0, 0.05) is 42.7 Å². The molecule has 0 radical (unpaired) electrons. The zero-order chi connectivity index (χ0) is 21.5. The first-order chi connectivity index (χ1) is 15.2. The van der Waals surface area contributed by atoms with Crippen molar-refractivity contribution in [3.63, 3.8) is 0 Å². The summed E-state index contributed by atoms with van der Waals surface area (Å²) in [6, 6.07) is 26.5. The second-order valence-corrected chi connectivity index (χ2v) is 6.99. The Labute approximate surface area is 180 Å². The van der Waals surface area contributed by atoms with Crippen molar-refractivity contribution in [2.75, 3.05) is 5.32 Å². The van der Waals surface area contributed by atoms with E-state index in [0.29, 0.717) is 11.6 Å². The lowest BCUT2D eigenvalue weighted by atomic mass is 10.1. The number of nitrogens with one attached hydrogen (secondary N) is 2. The maximum atomic E-state index is 11.0. The molecule has 0 spiro atoms. The molecule has 4 aromatic rings. The number of anilines is 2. The van der Waals surface area contributed by atoms with Crippen molar-refractivity contribution in [2.24, 2.45) is 0 Å². The molecule has 0 amide bonds. The molecule has 0 saturated carbocycles.